The van der Waals surface area contributed by atoms with Crippen LogP contribution in [-0.2, 0) is 4.74 Å². The largest absolute Gasteiger partial charge is 0.462 e. The summed E-state index contributed by atoms with van der Waals surface area (Å²) in [4.78, 5) is 11.4. The van der Waals surface area contributed by atoms with Crippen molar-refractivity contribution >= 4 is 17.6 Å². The molecule has 1 aromatic carbocycles. The number of unbranched alkanes of at least 4 members (excludes halogenated alkanes) is 1. The van der Waals surface area contributed by atoms with Gasteiger partial charge in [-0.3, -0.25) is 0 Å². The molecule has 88 valence electrons. The highest BCUT2D eigenvalue weighted by molar-refractivity contribution is 6.33. The van der Waals surface area contributed by atoms with E-state index in [4.69, 9.17) is 16.3 Å². The fourth-order valence-corrected chi connectivity index (χ4v) is 1.29. The van der Waals surface area contributed by atoms with Crippen molar-refractivity contribution in [2.75, 3.05) is 6.61 Å². The lowest BCUT2D eigenvalue weighted by molar-refractivity contribution is 0.0499. The molecular formula is C11H11ClF2O2. The smallest absolute Gasteiger partial charge is 0.339 e. The summed E-state index contributed by atoms with van der Waals surface area (Å²) in [6, 6.07) is 1.50. The van der Waals surface area contributed by atoms with Crippen LogP contribution in [-0.4, -0.2) is 12.6 Å². The number of halogens is 3. The van der Waals surface area contributed by atoms with Crippen LogP contribution in [0.2, 0.25) is 5.02 Å². The first-order valence-electron chi connectivity index (χ1n) is 4.88. The highest BCUT2D eigenvalue weighted by atomic mass is 35.5. The zero-order chi connectivity index (χ0) is 12.1. The third-order valence-electron chi connectivity index (χ3n) is 1.96. The van der Waals surface area contributed by atoms with E-state index in [1.807, 2.05) is 6.92 Å². The maximum Gasteiger partial charge on any atom is 0.339 e. The SMILES string of the molecule is CCCCOC(=O)c1cc(F)c(F)cc1Cl. The Morgan fingerprint density at radius 1 is 1.38 bits per heavy atom. The van der Waals surface area contributed by atoms with Gasteiger partial charge in [-0.1, -0.05) is 24.9 Å². The predicted molar refractivity (Wildman–Crippen MR) is 56.6 cm³/mol. The van der Waals surface area contributed by atoms with Crippen LogP contribution >= 0.6 is 11.6 Å². The van der Waals surface area contributed by atoms with Crippen LogP contribution in [0, 0.1) is 11.6 Å². The van der Waals surface area contributed by atoms with Crippen molar-refractivity contribution in [2.24, 2.45) is 0 Å². The zero-order valence-electron chi connectivity index (χ0n) is 8.73. The molecule has 5 heteroatoms. The van der Waals surface area contributed by atoms with Gasteiger partial charge in [0.05, 0.1) is 17.2 Å². The first-order chi connectivity index (χ1) is 7.56. The summed E-state index contributed by atoms with van der Waals surface area (Å²) in [5.41, 5.74) is -0.156. The van der Waals surface area contributed by atoms with Crippen LogP contribution in [0.5, 0.6) is 0 Å². The molecule has 0 saturated heterocycles. The van der Waals surface area contributed by atoms with Crippen molar-refractivity contribution in [3.8, 4) is 0 Å². The summed E-state index contributed by atoms with van der Waals surface area (Å²) in [5, 5.41) is -0.152. The van der Waals surface area contributed by atoms with Gasteiger partial charge in [-0.15, -0.1) is 0 Å². The Bertz CT molecular complexity index is 394. The maximum atomic E-state index is 12.9. The molecule has 0 unspecified atom stereocenters. The van der Waals surface area contributed by atoms with Crippen molar-refractivity contribution in [3.05, 3.63) is 34.4 Å². The molecule has 0 heterocycles. The fourth-order valence-electron chi connectivity index (χ4n) is 1.07. The van der Waals surface area contributed by atoms with Crippen molar-refractivity contribution in [1.82, 2.24) is 0 Å². The molecule has 2 nitrogen and oxygen atoms in total. The molecule has 0 aliphatic carbocycles. The lowest BCUT2D eigenvalue weighted by Gasteiger charge is -2.06. The quantitative estimate of drug-likeness (QED) is 0.463. The Hall–Kier alpha value is -1.16. The van der Waals surface area contributed by atoms with E-state index < -0.39 is 17.6 Å². The highest BCUT2D eigenvalue weighted by Crippen LogP contribution is 2.20. The fraction of sp³-hybridized carbons (Fsp3) is 0.364. The normalized spacial score (nSPS) is 10.2. The second-order valence-corrected chi connectivity index (χ2v) is 3.64. The van der Waals surface area contributed by atoms with Crippen molar-refractivity contribution in [1.29, 1.82) is 0 Å². The molecule has 0 spiro atoms. The summed E-state index contributed by atoms with van der Waals surface area (Å²) in [6.45, 7) is 2.18. The molecule has 1 rings (SSSR count). The van der Waals surface area contributed by atoms with Gasteiger partial charge in [0.2, 0.25) is 0 Å². The molecule has 16 heavy (non-hydrogen) atoms. The maximum absolute atomic E-state index is 12.9. The number of hydrogen-bond donors (Lipinski definition) is 0. The van der Waals surface area contributed by atoms with E-state index in [9.17, 15) is 13.6 Å². The van der Waals surface area contributed by atoms with E-state index in [2.05, 4.69) is 0 Å². The summed E-state index contributed by atoms with van der Waals surface area (Å²) in [5.74, 6) is -2.95. The number of esters is 1. The third kappa shape index (κ3) is 3.17. The summed E-state index contributed by atoms with van der Waals surface area (Å²) >= 11 is 5.60. The second-order valence-electron chi connectivity index (χ2n) is 3.24. The number of benzene rings is 1. The van der Waals surface area contributed by atoms with E-state index in [1.54, 1.807) is 0 Å². The van der Waals surface area contributed by atoms with Gasteiger partial charge in [0.15, 0.2) is 11.6 Å². The topological polar surface area (TPSA) is 26.3 Å². The van der Waals surface area contributed by atoms with E-state index in [-0.39, 0.29) is 17.2 Å². The molecule has 0 saturated carbocycles. The molecule has 0 radical (unpaired) electrons. The standard InChI is InChI=1S/C11H11ClF2O2/c1-2-3-4-16-11(15)7-5-9(13)10(14)6-8(7)12/h5-6H,2-4H2,1H3. The van der Waals surface area contributed by atoms with Gasteiger partial charge in [-0.25, -0.2) is 13.6 Å². The number of carbonyl (C=O) groups excluding carboxylic acids is 1. The van der Waals surface area contributed by atoms with E-state index >= 15 is 0 Å². The van der Waals surface area contributed by atoms with Crippen LogP contribution < -0.4 is 0 Å². The minimum Gasteiger partial charge on any atom is -0.462 e. The predicted octanol–water partition coefficient (Wildman–Crippen LogP) is 3.58. The van der Waals surface area contributed by atoms with Gasteiger partial charge in [-0.05, 0) is 18.6 Å². The van der Waals surface area contributed by atoms with E-state index in [1.165, 1.54) is 0 Å². The van der Waals surface area contributed by atoms with Gasteiger partial charge < -0.3 is 4.74 Å². The van der Waals surface area contributed by atoms with Gasteiger partial charge >= 0.3 is 5.97 Å². The van der Waals surface area contributed by atoms with Crippen LogP contribution in [0.25, 0.3) is 0 Å². The number of hydrogen-bond acceptors (Lipinski definition) is 2. The van der Waals surface area contributed by atoms with Gasteiger partial charge in [0, 0.05) is 0 Å². The average molecular weight is 249 g/mol. The molecule has 0 N–H and O–H groups in total. The van der Waals surface area contributed by atoms with Crippen LogP contribution in [0.4, 0.5) is 8.78 Å². The average Bonchev–Trinajstić information content (AvgIpc) is 2.23. The lowest BCUT2D eigenvalue weighted by Crippen LogP contribution is -2.08. The molecule has 0 aliphatic heterocycles. The Morgan fingerprint density at radius 2 is 2.00 bits per heavy atom. The molecule has 1 aromatic rings. The minimum absolute atomic E-state index is 0.152. The highest BCUT2D eigenvalue weighted by Gasteiger charge is 2.15. The Balaban J connectivity index is 2.79. The molecule has 0 bridgehead atoms. The Morgan fingerprint density at radius 3 is 2.62 bits per heavy atom. The number of rotatable bonds is 4. The molecule has 0 atom stereocenters. The van der Waals surface area contributed by atoms with E-state index in [0.29, 0.717) is 6.42 Å². The van der Waals surface area contributed by atoms with Crippen molar-refractivity contribution < 1.29 is 18.3 Å². The van der Waals surface area contributed by atoms with Crippen LogP contribution in [0.15, 0.2) is 12.1 Å². The molecule has 0 aliphatic rings. The zero-order valence-corrected chi connectivity index (χ0v) is 9.48. The first-order valence-corrected chi connectivity index (χ1v) is 5.25. The number of carbonyl (C=O) groups is 1. The minimum atomic E-state index is -1.12. The van der Waals surface area contributed by atoms with Gasteiger partial charge in [-0.2, -0.15) is 0 Å². The third-order valence-corrected chi connectivity index (χ3v) is 2.27. The van der Waals surface area contributed by atoms with Gasteiger partial charge in [0.25, 0.3) is 0 Å². The number of ether oxygens (including phenoxy) is 1. The Kier molecular flexibility index (Phi) is 4.68. The van der Waals surface area contributed by atoms with Gasteiger partial charge in [0.1, 0.15) is 0 Å². The first kappa shape index (κ1) is 12.9. The van der Waals surface area contributed by atoms with Crippen LogP contribution in [0.3, 0.4) is 0 Å². The Labute approximate surface area is 97.2 Å². The van der Waals surface area contributed by atoms with Crippen molar-refractivity contribution in [3.63, 3.8) is 0 Å². The molecular weight excluding hydrogens is 238 g/mol. The monoisotopic (exact) mass is 248 g/mol. The molecule has 0 amide bonds. The summed E-state index contributed by atoms with van der Waals surface area (Å²) in [7, 11) is 0. The summed E-state index contributed by atoms with van der Waals surface area (Å²) < 4.78 is 30.4. The van der Waals surface area contributed by atoms with Crippen LogP contribution in [0.1, 0.15) is 30.1 Å². The lowest BCUT2D eigenvalue weighted by atomic mass is 10.2. The van der Waals surface area contributed by atoms with E-state index in [0.717, 1.165) is 18.6 Å². The summed E-state index contributed by atoms with van der Waals surface area (Å²) in [6.07, 6.45) is 1.59. The van der Waals surface area contributed by atoms with Crippen molar-refractivity contribution in [2.45, 2.75) is 19.8 Å². The second kappa shape index (κ2) is 5.80. The molecule has 0 fully saturated rings. The molecule has 0 aromatic heterocycles.